The molecule has 10 heteroatoms. The summed E-state index contributed by atoms with van der Waals surface area (Å²) >= 11 is 0. The molecule has 2 N–H and O–H groups in total. The lowest BCUT2D eigenvalue weighted by molar-refractivity contribution is -0.385. The number of nitro benzene ring substituents is 2. The standard InChI is InChI=1S/C18H11N5O5/c19-16-14(10-1-5-12(6-2-10)22(24)25)9-15(17-18(16)21-28-20-17)11-3-7-13(8-4-11)23(26)27/h1-9H,19H2. The minimum Gasteiger partial charge on any atom is -0.396 e. The zero-order chi connectivity index (χ0) is 19.8. The molecule has 0 spiro atoms. The van der Waals surface area contributed by atoms with Crippen LogP contribution in [0.5, 0.6) is 0 Å². The minimum atomic E-state index is -0.486. The van der Waals surface area contributed by atoms with Crippen molar-refractivity contribution in [3.05, 3.63) is 74.8 Å². The van der Waals surface area contributed by atoms with E-state index in [1.165, 1.54) is 24.3 Å². The number of hydrogen-bond acceptors (Lipinski definition) is 8. The fourth-order valence-electron chi connectivity index (χ4n) is 2.94. The SMILES string of the molecule is Nc1c(-c2ccc([N+](=O)[O-])cc2)cc(-c2ccc([N+](=O)[O-])cc2)c2nonc12. The number of fused-ring (bicyclic) bond motifs is 1. The molecule has 10 nitrogen and oxygen atoms in total. The van der Waals surface area contributed by atoms with Crippen LogP contribution in [0.25, 0.3) is 33.3 Å². The summed E-state index contributed by atoms with van der Waals surface area (Å²) < 4.78 is 4.83. The molecule has 138 valence electrons. The number of aromatic nitrogens is 2. The molecule has 0 saturated carbocycles. The van der Waals surface area contributed by atoms with Crippen LogP contribution in [0.1, 0.15) is 0 Å². The van der Waals surface area contributed by atoms with Gasteiger partial charge in [-0.3, -0.25) is 20.2 Å². The Morgan fingerprint density at radius 2 is 1.21 bits per heavy atom. The summed E-state index contributed by atoms with van der Waals surface area (Å²) in [5, 5.41) is 29.5. The molecule has 1 heterocycles. The van der Waals surface area contributed by atoms with E-state index >= 15 is 0 Å². The van der Waals surface area contributed by atoms with Crippen molar-refractivity contribution in [1.82, 2.24) is 10.3 Å². The third-order valence-corrected chi connectivity index (χ3v) is 4.36. The highest BCUT2D eigenvalue weighted by molar-refractivity contribution is 6.04. The van der Waals surface area contributed by atoms with Crippen LogP contribution in [-0.4, -0.2) is 20.2 Å². The molecular weight excluding hydrogens is 366 g/mol. The molecule has 4 rings (SSSR count). The number of nitro groups is 2. The highest BCUT2D eigenvalue weighted by Crippen LogP contribution is 2.38. The second-order valence-corrected chi connectivity index (χ2v) is 5.95. The third kappa shape index (κ3) is 2.78. The third-order valence-electron chi connectivity index (χ3n) is 4.36. The number of nitrogens with two attached hydrogens (primary N) is 1. The van der Waals surface area contributed by atoms with Crippen LogP contribution in [0.3, 0.4) is 0 Å². The first kappa shape index (κ1) is 17.1. The van der Waals surface area contributed by atoms with E-state index in [4.69, 9.17) is 10.4 Å². The summed E-state index contributed by atoms with van der Waals surface area (Å²) in [7, 11) is 0. The Morgan fingerprint density at radius 3 is 1.71 bits per heavy atom. The average molecular weight is 377 g/mol. The van der Waals surface area contributed by atoms with Crippen LogP contribution in [-0.2, 0) is 0 Å². The van der Waals surface area contributed by atoms with Crippen LogP contribution in [0.15, 0.2) is 59.2 Å². The second kappa shape index (κ2) is 6.43. The van der Waals surface area contributed by atoms with Gasteiger partial charge in [0.15, 0.2) is 5.52 Å². The molecule has 0 atom stereocenters. The van der Waals surface area contributed by atoms with Crippen LogP contribution in [0, 0.1) is 20.2 Å². The summed E-state index contributed by atoms with van der Waals surface area (Å²) in [5.74, 6) is 0. The van der Waals surface area contributed by atoms with Crippen molar-refractivity contribution in [1.29, 1.82) is 0 Å². The molecule has 0 aliphatic heterocycles. The predicted octanol–water partition coefficient (Wildman–Crippen LogP) is 3.96. The highest BCUT2D eigenvalue weighted by atomic mass is 16.6. The van der Waals surface area contributed by atoms with Gasteiger partial charge < -0.3 is 5.73 Å². The van der Waals surface area contributed by atoms with Crippen LogP contribution in [0.2, 0.25) is 0 Å². The minimum absolute atomic E-state index is 0.0377. The number of anilines is 1. The molecule has 0 saturated heterocycles. The molecule has 0 unspecified atom stereocenters. The topological polar surface area (TPSA) is 151 Å². The van der Waals surface area contributed by atoms with Gasteiger partial charge in [-0.05, 0) is 51.8 Å². The molecule has 1 aromatic heterocycles. The Morgan fingerprint density at radius 1 is 0.750 bits per heavy atom. The van der Waals surface area contributed by atoms with Gasteiger partial charge in [-0.1, -0.05) is 0 Å². The van der Waals surface area contributed by atoms with E-state index in [1.54, 1.807) is 30.3 Å². The van der Waals surface area contributed by atoms with Crippen molar-refractivity contribution in [2.24, 2.45) is 0 Å². The number of non-ortho nitro benzene ring substituents is 2. The lowest BCUT2D eigenvalue weighted by atomic mass is 9.95. The first-order chi connectivity index (χ1) is 13.5. The Labute approximate surface area is 156 Å². The van der Waals surface area contributed by atoms with Crippen molar-refractivity contribution < 1.29 is 14.5 Å². The number of nitrogen functional groups attached to an aromatic ring is 1. The summed E-state index contributed by atoms with van der Waals surface area (Å²) in [6.45, 7) is 0. The maximum absolute atomic E-state index is 10.9. The maximum Gasteiger partial charge on any atom is 0.269 e. The molecule has 0 amide bonds. The van der Waals surface area contributed by atoms with E-state index in [0.717, 1.165) is 0 Å². The van der Waals surface area contributed by atoms with Crippen molar-refractivity contribution in [3.8, 4) is 22.3 Å². The molecule has 0 radical (unpaired) electrons. The molecule has 3 aromatic carbocycles. The van der Waals surface area contributed by atoms with Crippen LogP contribution < -0.4 is 5.73 Å². The molecule has 4 aromatic rings. The molecular formula is C18H11N5O5. The summed E-state index contributed by atoms with van der Waals surface area (Å²) in [5.41, 5.74) is 9.73. The van der Waals surface area contributed by atoms with Crippen LogP contribution >= 0.6 is 0 Å². The first-order valence-corrected chi connectivity index (χ1v) is 8.00. The Hall–Kier alpha value is -4.34. The Bertz CT molecular complexity index is 1220. The monoisotopic (exact) mass is 377 g/mol. The van der Waals surface area contributed by atoms with Gasteiger partial charge >= 0.3 is 0 Å². The maximum atomic E-state index is 10.9. The van der Waals surface area contributed by atoms with Gasteiger partial charge in [0.2, 0.25) is 0 Å². The molecule has 28 heavy (non-hydrogen) atoms. The zero-order valence-corrected chi connectivity index (χ0v) is 14.1. The average Bonchev–Trinajstić information content (AvgIpc) is 3.19. The van der Waals surface area contributed by atoms with Crippen molar-refractivity contribution in [2.75, 3.05) is 5.73 Å². The van der Waals surface area contributed by atoms with Gasteiger partial charge in [0.1, 0.15) is 5.52 Å². The Kier molecular flexibility index (Phi) is 3.93. The van der Waals surface area contributed by atoms with Crippen molar-refractivity contribution in [2.45, 2.75) is 0 Å². The van der Waals surface area contributed by atoms with Gasteiger partial charge in [-0.15, -0.1) is 0 Å². The van der Waals surface area contributed by atoms with E-state index in [1.807, 2.05) is 0 Å². The molecule has 0 aliphatic rings. The lowest BCUT2D eigenvalue weighted by Gasteiger charge is -2.10. The van der Waals surface area contributed by atoms with Crippen molar-refractivity contribution in [3.63, 3.8) is 0 Å². The van der Waals surface area contributed by atoms with Gasteiger partial charge in [-0.25, -0.2) is 4.63 Å². The van der Waals surface area contributed by atoms with E-state index < -0.39 is 9.85 Å². The Balaban J connectivity index is 1.90. The van der Waals surface area contributed by atoms with Crippen molar-refractivity contribution >= 4 is 28.1 Å². The summed E-state index contributed by atoms with van der Waals surface area (Å²) in [4.78, 5) is 20.8. The lowest BCUT2D eigenvalue weighted by Crippen LogP contribution is -1.95. The molecule has 0 aliphatic carbocycles. The fourth-order valence-corrected chi connectivity index (χ4v) is 2.94. The normalized spacial score (nSPS) is 10.9. The van der Waals surface area contributed by atoms with E-state index in [9.17, 15) is 20.2 Å². The second-order valence-electron chi connectivity index (χ2n) is 5.95. The van der Waals surface area contributed by atoms with Crippen LogP contribution in [0.4, 0.5) is 17.1 Å². The largest absolute Gasteiger partial charge is 0.396 e. The first-order valence-electron chi connectivity index (χ1n) is 8.00. The number of benzene rings is 3. The van der Waals surface area contributed by atoms with Gasteiger partial charge in [0.25, 0.3) is 11.4 Å². The fraction of sp³-hybridized carbons (Fsp3) is 0. The zero-order valence-electron chi connectivity index (χ0n) is 14.1. The smallest absolute Gasteiger partial charge is 0.269 e. The van der Waals surface area contributed by atoms with E-state index in [0.29, 0.717) is 39.0 Å². The highest BCUT2D eigenvalue weighted by Gasteiger charge is 2.18. The van der Waals surface area contributed by atoms with Gasteiger partial charge in [0, 0.05) is 35.4 Å². The number of nitrogens with zero attached hydrogens (tertiary/aromatic N) is 4. The molecule has 0 fully saturated rings. The predicted molar refractivity (Wildman–Crippen MR) is 100 cm³/mol. The van der Waals surface area contributed by atoms with Gasteiger partial charge in [0.05, 0.1) is 15.5 Å². The quantitative estimate of drug-likeness (QED) is 0.319. The number of rotatable bonds is 4. The molecule has 0 bridgehead atoms. The van der Waals surface area contributed by atoms with E-state index in [2.05, 4.69) is 10.3 Å². The van der Waals surface area contributed by atoms with E-state index in [-0.39, 0.29) is 11.4 Å². The summed E-state index contributed by atoms with van der Waals surface area (Å²) in [6, 6.07) is 13.6. The summed E-state index contributed by atoms with van der Waals surface area (Å²) in [6.07, 6.45) is 0. The number of hydrogen-bond donors (Lipinski definition) is 1. The van der Waals surface area contributed by atoms with Gasteiger partial charge in [-0.2, -0.15) is 0 Å².